The SMILES string of the molecule is Cc1cc(O)cc(C)c1C[C@H](CC(=O)[C@H](N)CCCN=C(N)N)C(=O)N[C@@H](Cc1cn(C)c2ccccc12)C(=O)C[C@@H](Cc1ccc(-c2ccccc2)cc1)C(N)=O. The molecule has 0 saturated heterocycles. The van der Waals surface area contributed by atoms with Crippen molar-refractivity contribution in [2.24, 2.45) is 46.8 Å². The maximum atomic E-state index is 14.5. The van der Waals surface area contributed by atoms with E-state index < -0.39 is 35.7 Å². The van der Waals surface area contributed by atoms with Gasteiger partial charge in [-0.25, -0.2) is 0 Å². The predicted octanol–water partition coefficient (Wildman–Crippen LogP) is 4.70. The number of hydrogen-bond acceptors (Lipinski definition) is 7. The summed E-state index contributed by atoms with van der Waals surface area (Å²) in [5, 5.41) is 14.2. The molecule has 58 heavy (non-hydrogen) atoms. The largest absolute Gasteiger partial charge is 0.508 e. The van der Waals surface area contributed by atoms with Crippen molar-refractivity contribution in [1.29, 1.82) is 0 Å². The molecule has 0 fully saturated rings. The molecule has 1 heterocycles. The molecule has 0 aliphatic rings. The van der Waals surface area contributed by atoms with E-state index in [-0.39, 0.29) is 55.4 Å². The van der Waals surface area contributed by atoms with Crippen molar-refractivity contribution in [1.82, 2.24) is 9.88 Å². The van der Waals surface area contributed by atoms with Gasteiger partial charge in [0, 0.05) is 61.8 Å². The average Bonchev–Trinajstić information content (AvgIpc) is 3.51. The number of aryl methyl sites for hydroxylation is 3. The maximum Gasteiger partial charge on any atom is 0.224 e. The lowest BCUT2D eigenvalue weighted by atomic mass is 9.86. The number of rotatable bonds is 20. The molecule has 5 rings (SSSR count). The molecule has 0 saturated carbocycles. The number of aromatic hydroxyl groups is 1. The molecule has 12 nitrogen and oxygen atoms in total. The molecule has 0 radical (unpaired) electrons. The molecule has 10 N–H and O–H groups in total. The second kappa shape index (κ2) is 19.7. The second-order valence-corrected chi connectivity index (χ2v) is 15.3. The van der Waals surface area contributed by atoms with Crippen LogP contribution in [0.4, 0.5) is 0 Å². The number of phenols is 1. The quantitative estimate of drug-likeness (QED) is 0.0368. The number of hydrogen-bond donors (Lipinski definition) is 6. The van der Waals surface area contributed by atoms with Crippen molar-refractivity contribution in [2.75, 3.05) is 6.54 Å². The number of ketones is 2. The van der Waals surface area contributed by atoms with Gasteiger partial charge < -0.3 is 37.9 Å². The summed E-state index contributed by atoms with van der Waals surface area (Å²) in [6, 6.07) is 26.8. The molecular formula is C46H55N7O5. The number of para-hydroxylation sites is 1. The van der Waals surface area contributed by atoms with Gasteiger partial charge in [0.15, 0.2) is 11.7 Å². The molecule has 1 aromatic heterocycles. The smallest absolute Gasteiger partial charge is 0.224 e. The third-order valence-electron chi connectivity index (χ3n) is 10.8. The lowest BCUT2D eigenvalue weighted by molar-refractivity contribution is -0.133. The van der Waals surface area contributed by atoms with Crippen LogP contribution in [0, 0.1) is 25.7 Å². The van der Waals surface area contributed by atoms with Crippen molar-refractivity contribution in [3.05, 3.63) is 125 Å². The van der Waals surface area contributed by atoms with Gasteiger partial charge in [-0.2, -0.15) is 0 Å². The first-order chi connectivity index (χ1) is 27.7. The van der Waals surface area contributed by atoms with Gasteiger partial charge in [-0.1, -0.05) is 72.8 Å². The number of nitrogens with zero attached hydrogens (tertiary/aromatic N) is 2. The molecule has 2 amide bonds. The lowest BCUT2D eigenvalue weighted by Gasteiger charge is -2.25. The first kappa shape index (κ1) is 42.9. The fourth-order valence-corrected chi connectivity index (χ4v) is 7.62. The van der Waals surface area contributed by atoms with Crippen LogP contribution >= 0.6 is 0 Å². The highest BCUT2D eigenvalue weighted by Crippen LogP contribution is 2.27. The number of primary amides is 1. The Hall–Kier alpha value is -6.27. The van der Waals surface area contributed by atoms with Crippen LogP contribution in [0.3, 0.4) is 0 Å². The van der Waals surface area contributed by atoms with Gasteiger partial charge in [0.25, 0.3) is 0 Å². The normalized spacial score (nSPS) is 13.3. The number of aliphatic imine (C=N–C) groups is 1. The number of nitrogens with two attached hydrogens (primary N) is 4. The molecule has 0 bridgehead atoms. The highest BCUT2D eigenvalue weighted by Gasteiger charge is 2.32. The summed E-state index contributed by atoms with van der Waals surface area (Å²) < 4.78 is 1.96. The van der Waals surface area contributed by atoms with Gasteiger partial charge in [-0.3, -0.25) is 24.2 Å². The summed E-state index contributed by atoms with van der Waals surface area (Å²) in [4.78, 5) is 59.4. The van der Waals surface area contributed by atoms with Crippen molar-refractivity contribution in [3.63, 3.8) is 0 Å². The van der Waals surface area contributed by atoms with E-state index in [2.05, 4.69) is 10.3 Å². The molecular weight excluding hydrogens is 731 g/mol. The Kier molecular flexibility index (Phi) is 14.6. The first-order valence-electron chi connectivity index (χ1n) is 19.6. The van der Waals surface area contributed by atoms with Gasteiger partial charge in [0.05, 0.1) is 12.1 Å². The highest BCUT2D eigenvalue weighted by atomic mass is 16.3. The number of carbonyl (C=O) groups excluding carboxylic acids is 4. The van der Waals surface area contributed by atoms with Crippen molar-refractivity contribution < 1.29 is 24.3 Å². The zero-order valence-corrected chi connectivity index (χ0v) is 33.5. The minimum atomic E-state index is -1.05. The molecule has 0 aliphatic heterocycles. The molecule has 12 heteroatoms. The van der Waals surface area contributed by atoms with Crippen LogP contribution in [-0.2, 0) is 45.5 Å². The van der Waals surface area contributed by atoms with E-state index in [1.807, 2.05) is 111 Å². The Balaban J connectivity index is 1.42. The van der Waals surface area contributed by atoms with E-state index in [9.17, 15) is 24.3 Å². The van der Waals surface area contributed by atoms with Crippen LogP contribution in [0.5, 0.6) is 5.75 Å². The zero-order valence-electron chi connectivity index (χ0n) is 33.5. The van der Waals surface area contributed by atoms with E-state index in [1.165, 1.54) is 0 Å². The minimum absolute atomic E-state index is 0.0523. The van der Waals surface area contributed by atoms with E-state index in [0.717, 1.165) is 49.8 Å². The Bertz CT molecular complexity index is 2240. The third-order valence-corrected chi connectivity index (χ3v) is 10.8. The maximum absolute atomic E-state index is 14.5. The van der Waals surface area contributed by atoms with Gasteiger partial charge in [-0.15, -0.1) is 0 Å². The lowest BCUT2D eigenvalue weighted by Crippen LogP contribution is -2.47. The second-order valence-electron chi connectivity index (χ2n) is 15.3. The number of phenolic OH excluding ortho intramolecular Hbond substituents is 1. The number of fused-ring (bicyclic) bond motifs is 1. The molecule has 0 unspecified atom stereocenters. The minimum Gasteiger partial charge on any atom is -0.508 e. The molecule has 4 atom stereocenters. The predicted molar refractivity (Wildman–Crippen MR) is 229 cm³/mol. The third kappa shape index (κ3) is 11.4. The standard InChI is InChI=1S/C46H55N7O5/c1-28-20-36(54)21-29(2)38(28)23-34(26-42(55)39(47)13-9-19-51-46(49)50)45(58)52-40(24-35-27-53(3)41-14-8-7-12-37(35)41)43(56)25-33(44(48)57)22-30-15-17-32(18-16-30)31-10-5-4-6-11-31/h4-8,10-12,14-18,20-21,27,33-34,39-40,54H,9,13,19,22-26,47H2,1-3H3,(H2,48,57)(H,52,58)(H4,49,50,51)/t33-,34-,39-,40+/m1/s1. The number of guanidine groups is 1. The number of carbonyl (C=O) groups is 4. The molecule has 0 aliphatic carbocycles. The van der Waals surface area contributed by atoms with Crippen LogP contribution in [0.15, 0.2) is 102 Å². The average molecular weight is 786 g/mol. The number of Topliss-reactive ketones (excluding diaryl/α,β-unsaturated/α-hetero) is 2. The number of benzene rings is 4. The van der Waals surface area contributed by atoms with Crippen molar-refractivity contribution >= 4 is 40.2 Å². The summed E-state index contributed by atoms with van der Waals surface area (Å²) in [6.45, 7) is 3.98. The van der Waals surface area contributed by atoms with Crippen molar-refractivity contribution in [3.8, 4) is 16.9 Å². The number of amides is 2. The van der Waals surface area contributed by atoms with Crippen molar-refractivity contribution in [2.45, 2.75) is 70.9 Å². The van der Waals surface area contributed by atoms with E-state index in [1.54, 1.807) is 12.1 Å². The first-order valence-corrected chi connectivity index (χ1v) is 19.6. The van der Waals surface area contributed by atoms with Gasteiger partial charge in [-0.05, 0) is 96.7 Å². The van der Waals surface area contributed by atoms with Crippen LogP contribution in [0.2, 0.25) is 0 Å². The molecule has 0 spiro atoms. The number of nitrogens with one attached hydrogen (secondary N) is 1. The van der Waals surface area contributed by atoms with Crippen LogP contribution in [0.25, 0.3) is 22.0 Å². The Morgan fingerprint density at radius 2 is 1.40 bits per heavy atom. The zero-order chi connectivity index (χ0) is 41.9. The Morgan fingerprint density at radius 1 is 0.776 bits per heavy atom. The summed E-state index contributed by atoms with van der Waals surface area (Å²) in [7, 11) is 1.91. The van der Waals surface area contributed by atoms with Crippen LogP contribution in [0.1, 0.15) is 53.5 Å². The summed E-state index contributed by atoms with van der Waals surface area (Å²) >= 11 is 0. The molecule has 5 aromatic rings. The molecule has 4 aromatic carbocycles. The fraction of sp³-hybridized carbons (Fsp3) is 0.326. The van der Waals surface area contributed by atoms with E-state index in [4.69, 9.17) is 22.9 Å². The topological polar surface area (TPSA) is 222 Å². The summed E-state index contributed by atoms with van der Waals surface area (Å²) in [5.74, 6) is -3.49. The van der Waals surface area contributed by atoms with Crippen LogP contribution < -0.4 is 28.3 Å². The summed E-state index contributed by atoms with van der Waals surface area (Å²) in [6.07, 6.45) is 2.87. The van der Waals surface area contributed by atoms with Gasteiger partial charge in [0.1, 0.15) is 11.5 Å². The van der Waals surface area contributed by atoms with Crippen LogP contribution in [-0.4, -0.2) is 57.6 Å². The Morgan fingerprint density at radius 3 is 2.05 bits per heavy atom. The van der Waals surface area contributed by atoms with Gasteiger partial charge in [0.2, 0.25) is 11.8 Å². The summed E-state index contributed by atoms with van der Waals surface area (Å²) in [5.41, 5.74) is 30.2. The van der Waals surface area contributed by atoms with E-state index >= 15 is 0 Å². The molecule has 304 valence electrons. The highest BCUT2D eigenvalue weighted by molar-refractivity contribution is 5.95. The number of aromatic nitrogens is 1. The Labute approximate surface area is 339 Å². The fourth-order valence-electron chi connectivity index (χ4n) is 7.62. The monoisotopic (exact) mass is 785 g/mol. The van der Waals surface area contributed by atoms with Gasteiger partial charge >= 0.3 is 0 Å². The van der Waals surface area contributed by atoms with E-state index in [0.29, 0.717) is 19.4 Å².